The zero-order valence-corrected chi connectivity index (χ0v) is 9.77. The summed E-state index contributed by atoms with van der Waals surface area (Å²) in [6.45, 7) is 7.03. The van der Waals surface area contributed by atoms with Crippen LogP contribution in [0.4, 0.5) is 0 Å². The molecule has 1 heterocycles. The fourth-order valence-electron chi connectivity index (χ4n) is 1.83. The maximum Gasteiger partial charge on any atom is 0.0525 e. The Labute approximate surface area is 91.1 Å². The van der Waals surface area contributed by atoms with Crippen molar-refractivity contribution in [3.63, 3.8) is 0 Å². The number of aryl methyl sites for hydroxylation is 1. The summed E-state index contributed by atoms with van der Waals surface area (Å²) in [5.41, 5.74) is 6.88. The molecule has 0 aliphatic rings. The SMILES string of the molecule is CCn1cc(C(CCO)C(C)(C)N)cn1. The average molecular weight is 211 g/mol. The average Bonchev–Trinajstić information content (AvgIpc) is 2.60. The highest BCUT2D eigenvalue weighted by Gasteiger charge is 2.27. The molecule has 0 spiro atoms. The van der Waals surface area contributed by atoms with Crippen molar-refractivity contribution in [2.24, 2.45) is 5.73 Å². The Balaban J connectivity index is 2.88. The molecule has 15 heavy (non-hydrogen) atoms. The molecule has 0 aliphatic heterocycles. The van der Waals surface area contributed by atoms with E-state index in [9.17, 15) is 0 Å². The highest BCUT2D eigenvalue weighted by molar-refractivity contribution is 5.16. The van der Waals surface area contributed by atoms with Crippen LogP contribution in [0.3, 0.4) is 0 Å². The van der Waals surface area contributed by atoms with E-state index in [2.05, 4.69) is 5.10 Å². The molecule has 0 aliphatic carbocycles. The summed E-state index contributed by atoms with van der Waals surface area (Å²) in [5.74, 6) is 0.155. The molecule has 0 bridgehead atoms. The molecular weight excluding hydrogens is 190 g/mol. The van der Waals surface area contributed by atoms with Gasteiger partial charge in [0.1, 0.15) is 0 Å². The van der Waals surface area contributed by atoms with Gasteiger partial charge in [-0.05, 0) is 32.8 Å². The van der Waals surface area contributed by atoms with Crippen molar-refractivity contribution in [3.05, 3.63) is 18.0 Å². The van der Waals surface area contributed by atoms with Gasteiger partial charge >= 0.3 is 0 Å². The molecule has 1 atom stereocenters. The van der Waals surface area contributed by atoms with Crippen molar-refractivity contribution < 1.29 is 5.11 Å². The molecule has 1 rings (SSSR count). The fourth-order valence-corrected chi connectivity index (χ4v) is 1.83. The minimum Gasteiger partial charge on any atom is -0.396 e. The van der Waals surface area contributed by atoms with Gasteiger partial charge in [-0.1, -0.05) is 0 Å². The van der Waals surface area contributed by atoms with Crippen molar-refractivity contribution in [2.45, 2.75) is 45.2 Å². The zero-order chi connectivity index (χ0) is 11.5. The van der Waals surface area contributed by atoms with Crippen molar-refractivity contribution in [2.75, 3.05) is 6.61 Å². The van der Waals surface area contributed by atoms with Crippen LogP contribution < -0.4 is 5.73 Å². The van der Waals surface area contributed by atoms with Crippen molar-refractivity contribution >= 4 is 0 Å². The Morgan fingerprint density at radius 2 is 2.27 bits per heavy atom. The minimum absolute atomic E-state index is 0.155. The number of hydrogen-bond acceptors (Lipinski definition) is 3. The molecule has 0 fully saturated rings. The molecule has 86 valence electrons. The first kappa shape index (κ1) is 12.2. The summed E-state index contributed by atoms with van der Waals surface area (Å²) >= 11 is 0. The molecule has 3 N–H and O–H groups in total. The summed E-state index contributed by atoms with van der Waals surface area (Å²) in [6.07, 6.45) is 4.53. The number of aliphatic hydroxyl groups excluding tert-OH is 1. The summed E-state index contributed by atoms with van der Waals surface area (Å²) in [6, 6.07) is 0. The van der Waals surface area contributed by atoms with E-state index in [1.807, 2.05) is 37.8 Å². The van der Waals surface area contributed by atoms with E-state index in [-0.39, 0.29) is 18.1 Å². The quantitative estimate of drug-likeness (QED) is 0.766. The molecule has 0 amide bonds. The molecule has 1 aromatic rings. The van der Waals surface area contributed by atoms with Crippen LogP contribution in [0.25, 0.3) is 0 Å². The van der Waals surface area contributed by atoms with Crippen molar-refractivity contribution in [1.29, 1.82) is 0 Å². The van der Waals surface area contributed by atoms with Crippen LogP contribution in [-0.4, -0.2) is 27.0 Å². The number of aromatic nitrogens is 2. The summed E-state index contributed by atoms with van der Waals surface area (Å²) in [7, 11) is 0. The number of rotatable bonds is 5. The van der Waals surface area contributed by atoms with E-state index in [4.69, 9.17) is 10.8 Å². The largest absolute Gasteiger partial charge is 0.396 e. The van der Waals surface area contributed by atoms with Crippen LogP contribution in [0.15, 0.2) is 12.4 Å². The van der Waals surface area contributed by atoms with Gasteiger partial charge in [0.25, 0.3) is 0 Å². The zero-order valence-electron chi connectivity index (χ0n) is 9.77. The Kier molecular flexibility index (Phi) is 3.88. The molecule has 1 unspecified atom stereocenters. The first-order valence-electron chi connectivity index (χ1n) is 5.41. The van der Waals surface area contributed by atoms with E-state index < -0.39 is 0 Å². The maximum atomic E-state index is 9.04. The highest BCUT2D eigenvalue weighted by Crippen LogP contribution is 2.28. The predicted octanol–water partition coefficient (Wildman–Crippen LogP) is 1.11. The van der Waals surface area contributed by atoms with Crippen LogP contribution in [-0.2, 0) is 6.54 Å². The summed E-state index contributed by atoms with van der Waals surface area (Å²) < 4.78 is 1.88. The lowest BCUT2D eigenvalue weighted by atomic mass is 9.82. The second-order valence-electron chi connectivity index (χ2n) is 4.52. The van der Waals surface area contributed by atoms with E-state index in [0.29, 0.717) is 6.42 Å². The van der Waals surface area contributed by atoms with Crippen LogP contribution in [0.5, 0.6) is 0 Å². The maximum absolute atomic E-state index is 9.04. The van der Waals surface area contributed by atoms with Crippen LogP contribution in [0.2, 0.25) is 0 Å². The summed E-state index contributed by atoms with van der Waals surface area (Å²) in [4.78, 5) is 0. The molecule has 4 nitrogen and oxygen atoms in total. The molecule has 0 saturated heterocycles. The molecule has 0 radical (unpaired) electrons. The van der Waals surface area contributed by atoms with Gasteiger partial charge in [-0.25, -0.2) is 0 Å². The lowest BCUT2D eigenvalue weighted by Gasteiger charge is -2.29. The third kappa shape index (κ3) is 3.04. The number of aliphatic hydroxyl groups is 1. The van der Waals surface area contributed by atoms with Gasteiger partial charge in [-0.3, -0.25) is 4.68 Å². The highest BCUT2D eigenvalue weighted by atomic mass is 16.3. The first-order valence-corrected chi connectivity index (χ1v) is 5.41. The third-order valence-electron chi connectivity index (χ3n) is 2.70. The second-order valence-corrected chi connectivity index (χ2v) is 4.52. The normalized spacial score (nSPS) is 14.2. The fraction of sp³-hybridized carbons (Fsp3) is 0.727. The predicted molar refractivity (Wildman–Crippen MR) is 60.6 cm³/mol. The van der Waals surface area contributed by atoms with Crippen LogP contribution in [0.1, 0.15) is 38.7 Å². The second kappa shape index (κ2) is 4.77. The van der Waals surface area contributed by atoms with Gasteiger partial charge in [0, 0.05) is 30.8 Å². The van der Waals surface area contributed by atoms with Gasteiger partial charge in [-0.15, -0.1) is 0 Å². The monoisotopic (exact) mass is 211 g/mol. The van der Waals surface area contributed by atoms with Crippen molar-refractivity contribution in [1.82, 2.24) is 9.78 Å². The topological polar surface area (TPSA) is 64.1 Å². The Morgan fingerprint density at radius 3 is 2.67 bits per heavy atom. The van der Waals surface area contributed by atoms with Crippen molar-refractivity contribution in [3.8, 4) is 0 Å². The lowest BCUT2D eigenvalue weighted by molar-refractivity contribution is 0.250. The third-order valence-corrected chi connectivity index (χ3v) is 2.70. The van der Waals surface area contributed by atoms with Crippen LogP contribution >= 0.6 is 0 Å². The molecule has 4 heteroatoms. The van der Waals surface area contributed by atoms with Gasteiger partial charge in [-0.2, -0.15) is 5.10 Å². The molecular formula is C11H21N3O. The molecule has 0 aromatic carbocycles. The van der Waals surface area contributed by atoms with Gasteiger partial charge in [0.15, 0.2) is 0 Å². The molecule has 1 aromatic heterocycles. The minimum atomic E-state index is -0.329. The number of nitrogens with zero attached hydrogens (tertiary/aromatic N) is 2. The van der Waals surface area contributed by atoms with E-state index in [1.165, 1.54) is 0 Å². The van der Waals surface area contributed by atoms with Crippen LogP contribution in [0, 0.1) is 0 Å². The first-order chi connectivity index (χ1) is 6.99. The van der Waals surface area contributed by atoms with E-state index in [1.54, 1.807) is 0 Å². The van der Waals surface area contributed by atoms with Gasteiger partial charge in [0.2, 0.25) is 0 Å². The molecule has 0 saturated carbocycles. The number of nitrogens with two attached hydrogens (primary N) is 1. The Bertz CT molecular complexity index is 301. The Hall–Kier alpha value is -0.870. The Morgan fingerprint density at radius 1 is 1.60 bits per heavy atom. The van der Waals surface area contributed by atoms with Gasteiger partial charge < -0.3 is 10.8 Å². The number of hydrogen-bond donors (Lipinski definition) is 2. The van der Waals surface area contributed by atoms with Gasteiger partial charge in [0.05, 0.1) is 6.20 Å². The van der Waals surface area contributed by atoms with E-state index in [0.717, 1.165) is 12.1 Å². The summed E-state index contributed by atoms with van der Waals surface area (Å²) in [5, 5.41) is 13.3. The smallest absolute Gasteiger partial charge is 0.0525 e. The van der Waals surface area contributed by atoms with E-state index >= 15 is 0 Å². The lowest BCUT2D eigenvalue weighted by Crippen LogP contribution is -2.39. The standard InChI is InChI=1S/C11H21N3O/c1-4-14-8-9(7-13-14)10(5-6-15)11(2,3)12/h7-8,10,15H,4-6,12H2,1-3H3.